The lowest BCUT2D eigenvalue weighted by Gasteiger charge is -2.22. The van der Waals surface area contributed by atoms with Crippen molar-refractivity contribution in [1.82, 2.24) is 15.6 Å². The molecule has 1 aromatic heterocycles. The summed E-state index contributed by atoms with van der Waals surface area (Å²) in [6.45, 7) is 3.73. The van der Waals surface area contributed by atoms with Crippen LogP contribution in [0.2, 0.25) is 0 Å². The Morgan fingerprint density at radius 2 is 2.15 bits per heavy atom. The minimum absolute atomic E-state index is 0.0147. The molecule has 1 unspecified atom stereocenters. The molecule has 0 radical (unpaired) electrons. The number of anilines is 1. The fourth-order valence-electron chi connectivity index (χ4n) is 3.41. The molecule has 1 aliphatic rings. The number of hydrogen-bond donors (Lipinski definition) is 2. The minimum Gasteiger partial charge on any atom is -0.496 e. The third kappa shape index (κ3) is 3.90. The molecule has 0 saturated carbocycles. The van der Waals surface area contributed by atoms with Crippen molar-refractivity contribution in [3.05, 3.63) is 59.3 Å². The van der Waals surface area contributed by atoms with Crippen molar-refractivity contribution in [3.8, 4) is 5.75 Å². The van der Waals surface area contributed by atoms with Crippen molar-refractivity contribution in [2.75, 3.05) is 32.6 Å². The van der Waals surface area contributed by atoms with Crippen molar-refractivity contribution in [2.24, 2.45) is 0 Å². The first-order valence-electron chi connectivity index (χ1n) is 9.22. The smallest absolute Gasteiger partial charge is 0.134 e. The molecule has 6 heteroatoms. The summed E-state index contributed by atoms with van der Waals surface area (Å²) in [4.78, 5) is 7.06. The molecule has 1 aliphatic heterocycles. The number of halogens is 1. The Morgan fingerprint density at radius 1 is 1.33 bits per heavy atom. The maximum absolute atomic E-state index is 14.4. The summed E-state index contributed by atoms with van der Waals surface area (Å²) in [5.74, 6) is 0.277. The highest BCUT2D eigenvalue weighted by atomic mass is 19.1. The molecule has 3 rings (SSSR count). The van der Waals surface area contributed by atoms with Crippen LogP contribution in [0, 0.1) is 5.82 Å². The van der Waals surface area contributed by atoms with Gasteiger partial charge in [-0.25, -0.2) is 4.39 Å². The zero-order valence-electron chi connectivity index (χ0n) is 16.3. The minimum atomic E-state index is -0.271. The molecule has 1 aromatic carbocycles. The number of ether oxygens (including phenoxy) is 1. The van der Waals surface area contributed by atoms with Crippen LogP contribution in [0.25, 0.3) is 5.57 Å². The summed E-state index contributed by atoms with van der Waals surface area (Å²) >= 11 is 0. The highest BCUT2D eigenvalue weighted by molar-refractivity contribution is 5.73. The lowest BCUT2D eigenvalue weighted by molar-refractivity contribution is 0.409. The molecule has 0 spiro atoms. The summed E-state index contributed by atoms with van der Waals surface area (Å²) in [6, 6.07) is 9.08. The summed E-state index contributed by atoms with van der Waals surface area (Å²) in [5.41, 5.74) is 4.50. The van der Waals surface area contributed by atoms with Crippen molar-refractivity contribution in [2.45, 2.75) is 25.9 Å². The number of rotatable bonds is 7. The Kier molecular flexibility index (Phi) is 5.96. The third-order valence-corrected chi connectivity index (χ3v) is 4.96. The van der Waals surface area contributed by atoms with Gasteiger partial charge in [0, 0.05) is 32.8 Å². The maximum Gasteiger partial charge on any atom is 0.134 e. The molecule has 27 heavy (non-hydrogen) atoms. The number of pyridine rings is 1. The number of nitrogens with one attached hydrogen (secondary N) is 2. The van der Waals surface area contributed by atoms with Gasteiger partial charge in [0.2, 0.25) is 0 Å². The van der Waals surface area contributed by atoms with Gasteiger partial charge in [-0.3, -0.25) is 4.98 Å². The quantitative estimate of drug-likeness (QED) is 0.781. The second-order valence-electron chi connectivity index (χ2n) is 6.66. The van der Waals surface area contributed by atoms with Crippen LogP contribution in [0.1, 0.15) is 36.3 Å². The molecule has 2 aromatic rings. The number of hydrogen-bond acceptors (Lipinski definition) is 5. The average Bonchev–Trinajstić information content (AvgIpc) is 3.17. The van der Waals surface area contributed by atoms with Gasteiger partial charge >= 0.3 is 0 Å². The zero-order valence-corrected chi connectivity index (χ0v) is 16.3. The van der Waals surface area contributed by atoms with Gasteiger partial charge in [0.15, 0.2) is 0 Å². The van der Waals surface area contributed by atoms with Gasteiger partial charge in [-0.2, -0.15) is 0 Å². The summed E-state index contributed by atoms with van der Waals surface area (Å²) < 4.78 is 19.7. The first kappa shape index (κ1) is 19.2. The summed E-state index contributed by atoms with van der Waals surface area (Å²) in [5, 5.41) is 6.54. The van der Waals surface area contributed by atoms with Gasteiger partial charge in [0.1, 0.15) is 11.6 Å². The van der Waals surface area contributed by atoms with Gasteiger partial charge in [0.25, 0.3) is 0 Å². The van der Waals surface area contributed by atoms with Crippen molar-refractivity contribution >= 4 is 11.3 Å². The van der Waals surface area contributed by atoms with Crippen LogP contribution in [-0.4, -0.2) is 32.7 Å². The van der Waals surface area contributed by atoms with E-state index in [4.69, 9.17) is 9.72 Å². The first-order valence-corrected chi connectivity index (χ1v) is 9.22. The molecular weight excluding hydrogens is 343 g/mol. The monoisotopic (exact) mass is 370 g/mol. The van der Waals surface area contributed by atoms with Gasteiger partial charge in [-0.1, -0.05) is 6.07 Å². The van der Waals surface area contributed by atoms with E-state index in [-0.39, 0.29) is 11.9 Å². The molecule has 0 saturated heterocycles. The molecule has 1 atom stereocenters. The topological polar surface area (TPSA) is 49.4 Å². The Balaban J connectivity index is 1.85. The van der Waals surface area contributed by atoms with Gasteiger partial charge in [-0.05, 0) is 43.8 Å². The maximum atomic E-state index is 14.4. The molecule has 0 fully saturated rings. The number of nitrogens with zero attached hydrogens (tertiary/aromatic N) is 2. The molecule has 5 nitrogen and oxygen atoms in total. The van der Waals surface area contributed by atoms with E-state index in [0.717, 1.165) is 29.2 Å². The first-order chi connectivity index (χ1) is 13.1. The van der Waals surface area contributed by atoms with Gasteiger partial charge in [0.05, 0.1) is 35.8 Å². The Hall–Kier alpha value is -2.60. The predicted molar refractivity (Wildman–Crippen MR) is 107 cm³/mol. The van der Waals surface area contributed by atoms with Gasteiger partial charge < -0.3 is 20.3 Å². The van der Waals surface area contributed by atoms with E-state index in [0.29, 0.717) is 24.3 Å². The average molecular weight is 370 g/mol. The van der Waals surface area contributed by atoms with Crippen LogP contribution in [-0.2, 0) is 6.54 Å². The number of methoxy groups -OCH3 is 1. The fourth-order valence-corrected chi connectivity index (χ4v) is 3.41. The second kappa shape index (κ2) is 8.39. The highest BCUT2D eigenvalue weighted by Crippen LogP contribution is 2.37. The normalized spacial score (nSPS) is 16.0. The lowest BCUT2D eigenvalue weighted by Crippen LogP contribution is -2.22. The standard InChI is InChI=1S/C21H27FN4O/c1-5-26(3)19-10-9-16(25-18(19)13-23-2)17-11-14(12-24-17)21-15(22)7-6-8-20(21)27-4/h6-10,12,17,23-24H,5,11,13H2,1-4H3. The fraction of sp³-hybridized carbons (Fsp3) is 0.381. The zero-order chi connectivity index (χ0) is 19.4. The molecule has 0 bridgehead atoms. The second-order valence-corrected chi connectivity index (χ2v) is 6.66. The Bertz CT molecular complexity index is 837. The summed E-state index contributed by atoms with van der Waals surface area (Å²) in [6.07, 6.45) is 2.53. The third-order valence-electron chi connectivity index (χ3n) is 4.96. The van der Waals surface area contributed by atoms with Crippen LogP contribution in [0.4, 0.5) is 10.1 Å². The van der Waals surface area contributed by atoms with Crippen LogP contribution < -0.4 is 20.3 Å². The van der Waals surface area contributed by atoms with Crippen molar-refractivity contribution in [3.63, 3.8) is 0 Å². The molecular formula is C21H27FN4O. The lowest BCUT2D eigenvalue weighted by atomic mass is 9.99. The van der Waals surface area contributed by atoms with E-state index in [1.54, 1.807) is 19.2 Å². The molecule has 0 amide bonds. The van der Waals surface area contributed by atoms with Crippen molar-refractivity contribution < 1.29 is 9.13 Å². The van der Waals surface area contributed by atoms with Crippen LogP contribution >= 0.6 is 0 Å². The predicted octanol–water partition coefficient (Wildman–Crippen LogP) is 3.48. The molecule has 2 N–H and O–H groups in total. The van der Waals surface area contributed by atoms with Crippen LogP contribution in [0.3, 0.4) is 0 Å². The molecule has 144 valence electrons. The molecule has 2 heterocycles. The van der Waals surface area contributed by atoms with Crippen LogP contribution in [0.15, 0.2) is 36.5 Å². The molecule has 0 aliphatic carbocycles. The number of aromatic nitrogens is 1. The Labute approximate surface area is 160 Å². The van der Waals surface area contributed by atoms with E-state index >= 15 is 0 Å². The van der Waals surface area contributed by atoms with Crippen molar-refractivity contribution in [1.29, 1.82) is 0 Å². The van der Waals surface area contributed by atoms with E-state index in [1.807, 2.05) is 19.3 Å². The SMILES string of the molecule is CCN(C)c1ccc(C2CC(c3c(F)cccc3OC)=CN2)nc1CNC. The largest absolute Gasteiger partial charge is 0.496 e. The van der Waals surface area contributed by atoms with E-state index < -0.39 is 0 Å². The Morgan fingerprint density at radius 3 is 2.85 bits per heavy atom. The van der Waals surface area contributed by atoms with Gasteiger partial charge in [-0.15, -0.1) is 0 Å². The van der Waals surface area contributed by atoms with E-state index in [9.17, 15) is 4.39 Å². The number of benzene rings is 1. The highest BCUT2D eigenvalue weighted by Gasteiger charge is 2.25. The van der Waals surface area contributed by atoms with E-state index in [1.165, 1.54) is 6.07 Å². The van der Waals surface area contributed by atoms with Crippen LogP contribution in [0.5, 0.6) is 5.75 Å². The summed E-state index contributed by atoms with van der Waals surface area (Å²) in [7, 11) is 5.54. The van der Waals surface area contributed by atoms with E-state index in [2.05, 4.69) is 35.6 Å².